The highest BCUT2D eigenvalue weighted by atomic mass is 19.4. The van der Waals surface area contributed by atoms with Gasteiger partial charge in [0.25, 0.3) is 0 Å². The van der Waals surface area contributed by atoms with Gasteiger partial charge in [0, 0.05) is 23.0 Å². The van der Waals surface area contributed by atoms with Crippen LogP contribution in [-0.4, -0.2) is 30.8 Å². The van der Waals surface area contributed by atoms with Crippen LogP contribution in [0.25, 0.3) is 6.08 Å². The highest BCUT2D eigenvalue weighted by molar-refractivity contribution is 5.87. The van der Waals surface area contributed by atoms with Crippen LogP contribution in [0.3, 0.4) is 0 Å². The van der Waals surface area contributed by atoms with E-state index in [4.69, 9.17) is 25.7 Å². The highest BCUT2D eigenvalue weighted by Crippen LogP contribution is 2.29. The lowest BCUT2D eigenvalue weighted by molar-refractivity contribution is -0.189. The quantitative estimate of drug-likeness (QED) is 0.239. The molecule has 1 saturated carbocycles. The molecule has 0 aliphatic heterocycles. The Hall–Kier alpha value is -3.53. The maximum atomic E-state index is 12.4. The summed E-state index contributed by atoms with van der Waals surface area (Å²) < 4.78 is 52.2. The zero-order valence-corrected chi connectivity index (χ0v) is 18.9. The lowest BCUT2D eigenvalue weighted by Crippen LogP contribution is -2.31. The Morgan fingerprint density at radius 2 is 1.69 bits per heavy atom. The first-order valence-electron chi connectivity index (χ1n) is 11.1. The number of anilines is 2. The molecule has 0 radical (unpaired) electrons. The average Bonchev–Trinajstić information content (AvgIpc) is 2.82. The van der Waals surface area contributed by atoms with Crippen molar-refractivity contribution in [1.29, 1.82) is 0 Å². The number of halogens is 3. The predicted molar refractivity (Wildman–Crippen MR) is 124 cm³/mol. The standard InChI is InChI=1S/C25H27F3N2O5/c26-25(27,28)15-34-20-9-4-17(5-10-20)24(32)35-21-7-1-16(2-8-21)3-12-23(31)33-14-18-13-19(29)6-11-22(18)30/h1-3,6-8,11-13,17,20H,4-5,9-10,14-15,29-30H2. The second-order valence-corrected chi connectivity index (χ2v) is 8.29. The van der Waals surface area contributed by atoms with Crippen molar-refractivity contribution in [2.24, 2.45) is 5.92 Å². The lowest BCUT2D eigenvalue weighted by Gasteiger charge is -2.27. The van der Waals surface area contributed by atoms with Crippen LogP contribution in [0.4, 0.5) is 24.5 Å². The van der Waals surface area contributed by atoms with Gasteiger partial charge in [-0.25, -0.2) is 4.79 Å². The summed E-state index contributed by atoms with van der Waals surface area (Å²) in [6.07, 6.45) is -0.469. The van der Waals surface area contributed by atoms with E-state index in [1.54, 1.807) is 48.5 Å². The highest BCUT2D eigenvalue weighted by Gasteiger charge is 2.32. The first-order chi connectivity index (χ1) is 16.6. The number of esters is 2. The second kappa shape index (κ2) is 11.7. The van der Waals surface area contributed by atoms with Gasteiger partial charge in [0.15, 0.2) is 0 Å². The zero-order valence-electron chi connectivity index (χ0n) is 18.9. The van der Waals surface area contributed by atoms with Gasteiger partial charge >= 0.3 is 18.1 Å². The fourth-order valence-electron chi connectivity index (χ4n) is 3.64. The Bertz CT molecular complexity index is 1050. The molecule has 1 fully saturated rings. The Labute approximate surface area is 200 Å². The van der Waals surface area contributed by atoms with Gasteiger partial charge in [-0.05, 0) is 67.7 Å². The summed E-state index contributed by atoms with van der Waals surface area (Å²) >= 11 is 0. The van der Waals surface area contributed by atoms with E-state index in [0.29, 0.717) is 53.9 Å². The molecule has 2 aromatic carbocycles. The summed E-state index contributed by atoms with van der Waals surface area (Å²) in [6.45, 7) is -1.28. The lowest BCUT2D eigenvalue weighted by atomic mass is 9.87. The molecule has 0 atom stereocenters. The van der Waals surface area contributed by atoms with Crippen LogP contribution in [0.2, 0.25) is 0 Å². The first kappa shape index (κ1) is 26.1. The smallest absolute Gasteiger partial charge is 0.411 e. The van der Waals surface area contributed by atoms with Gasteiger partial charge in [-0.2, -0.15) is 13.2 Å². The van der Waals surface area contributed by atoms with Crippen molar-refractivity contribution in [2.45, 2.75) is 44.6 Å². The molecule has 0 spiro atoms. The maximum Gasteiger partial charge on any atom is 0.411 e. The zero-order chi connectivity index (χ0) is 25.4. The van der Waals surface area contributed by atoms with E-state index in [1.807, 2.05) is 0 Å². The number of carbonyl (C=O) groups is 2. The number of carbonyl (C=O) groups excluding carboxylic acids is 2. The number of benzene rings is 2. The van der Waals surface area contributed by atoms with Crippen LogP contribution in [0, 0.1) is 5.92 Å². The summed E-state index contributed by atoms with van der Waals surface area (Å²) in [5.74, 6) is -1.03. The topological polar surface area (TPSA) is 114 Å². The molecule has 2 aromatic rings. The van der Waals surface area contributed by atoms with Gasteiger partial charge < -0.3 is 25.7 Å². The van der Waals surface area contributed by atoms with E-state index in [2.05, 4.69) is 0 Å². The molecule has 1 aliphatic carbocycles. The van der Waals surface area contributed by atoms with Crippen molar-refractivity contribution in [3.63, 3.8) is 0 Å². The fourth-order valence-corrected chi connectivity index (χ4v) is 3.64. The van der Waals surface area contributed by atoms with Crippen molar-refractivity contribution in [1.82, 2.24) is 0 Å². The van der Waals surface area contributed by atoms with Gasteiger partial charge in [0.2, 0.25) is 0 Å². The van der Waals surface area contributed by atoms with Crippen LogP contribution in [-0.2, 0) is 25.7 Å². The Morgan fingerprint density at radius 1 is 1.00 bits per heavy atom. The van der Waals surface area contributed by atoms with Crippen LogP contribution in [0.1, 0.15) is 36.8 Å². The summed E-state index contributed by atoms with van der Waals surface area (Å²) in [5.41, 5.74) is 13.8. The molecular formula is C25H27F3N2O5. The minimum atomic E-state index is -4.36. The molecule has 10 heteroatoms. The number of hydrogen-bond donors (Lipinski definition) is 2. The molecule has 4 N–H and O–H groups in total. The predicted octanol–water partition coefficient (Wildman–Crippen LogP) is 4.65. The van der Waals surface area contributed by atoms with Crippen molar-refractivity contribution in [2.75, 3.05) is 18.1 Å². The van der Waals surface area contributed by atoms with Crippen LogP contribution < -0.4 is 16.2 Å². The fraction of sp³-hybridized carbons (Fsp3) is 0.360. The van der Waals surface area contributed by atoms with Gasteiger partial charge in [0.05, 0.1) is 12.0 Å². The van der Waals surface area contributed by atoms with Crippen LogP contribution in [0.5, 0.6) is 5.75 Å². The van der Waals surface area contributed by atoms with Crippen LogP contribution >= 0.6 is 0 Å². The molecule has 0 saturated heterocycles. The summed E-state index contributed by atoms with van der Waals surface area (Å²) in [4.78, 5) is 24.4. The molecule has 35 heavy (non-hydrogen) atoms. The summed E-state index contributed by atoms with van der Waals surface area (Å²) in [7, 11) is 0. The number of hydrogen-bond acceptors (Lipinski definition) is 7. The normalized spacial score (nSPS) is 18.4. The van der Waals surface area contributed by atoms with Gasteiger partial charge in [-0.1, -0.05) is 12.1 Å². The van der Waals surface area contributed by atoms with Gasteiger partial charge in [-0.15, -0.1) is 0 Å². The first-order valence-corrected chi connectivity index (χ1v) is 11.1. The second-order valence-electron chi connectivity index (χ2n) is 8.29. The van der Waals surface area contributed by atoms with Gasteiger partial charge in [-0.3, -0.25) is 4.79 Å². The number of rotatable bonds is 8. The van der Waals surface area contributed by atoms with Crippen molar-refractivity contribution in [3.05, 3.63) is 59.7 Å². The van der Waals surface area contributed by atoms with Crippen molar-refractivity contribution < 1.29 is 37.0 Å². The summed E-state index contributed by atoms with van der Waals surface area (Å²) in [6, 6.07) is 11.5. The molecule has 3 rings (SSSR count). The monoisotopic (exact) mass is 492 g/mol. The molecule has 188 valence electrons. The van der Waals surface area contributed by atoms with E-state index in [1.165, 1.54) is 6.08 Å². The number of nitrogen functional groups attached to an aromatic ring is 2. The molecule has 0 unspecified atom stereocenters. The van der Waals surface area contributed by atoms with E-state index in [-0.39, 0.29) is 12.5 Å². The number of ether oxygens (including phenoxy) is 3. The van der Waals surface area contributed by atoms with E-state index >= 15 is 0 Å². The number of nitrogens with two attached hydrogens (primary N) is 2. The molecular weight excluding hydrogens is 465 g/mol. The van der Waals surface area contributed by atoms with E-state index in [9.17, 15) is 22.8 Å². The third-order valence-corrected chi connectivity index (χ3v) is 5.54. The van der Waals surface area contributed by atoms with E-state index < -0.39 is 30.8 Å². The third-order valence-electron chi connectivity index (χ3n) is 5.54. The SMILES string of the molecule is Nc1ccc(N)c(COC(=O)C=Cc2ccc(OC(=O)C3CCC(OCC(F)(F)F)CC3)cc2)c1. The van der Waals surface area contributed by atoms with Crippen molar-refractivity contribution >= 4 is 29.4 Å². The molecule has 1 aliphatic rings. The Morgan fingerprint density at radius 3 is 2.34 bits per heavy atom. The minimum absolute atomic E-state index is 0.00863. The van der Waals surface area contributed by atoms with Gasteiger partial charge in [0.1, 0.15) is 19.0 Å². The Kier molecular flexibility index (Phi) is 8.75. The molecule has 0 bridgehead atoms. The molecule has 0 amide bonds. The van der Waals surface area contributed by atoms with E-state index in [0.717, 1.165) is 0 Å². The molecule has 7 nitrogen and oxygen atoms in total. The maximum absolute atomic E-state index is 12.4. The molecule has 0 heterocycles. The average molecular weight is 492 g/mol. The third kappa shape index (κ3) is 8.64. The van der Waals surface area contributed by atoms with Crippen LogP contribution in [0.15, 0.2) is 48.5 Å². The summed E-state index contributed by atoms with van der Waals surface area (Å²) in [5, 5.41) is 0. The number of alkyl halides is 3. The van der Waals surface area contributed by atoms with Crippen molar-refractivity contribution in [3.8, 4) is 5.75 Å². The molecule has 0 aromatic heterocycles. The minimum Gasteiger partial charge on any atom is -0.458 e. The largest absolute Gasteiger partial charge is 0.458 e. The Balaban J connectivity index is 1.42.